The van der Waals surface area contributed by atoms with Crippen LogP contribution >= 0.6 is 0 Å². The maximum atomic E-state index is 11.5. The van der Waals surface area contributed by atoms with Gasteiger partial charge in [-0.15, -0.1) is 0 Å². The van der Waals surface area contributed by atoms with Crippen LogP contribution in [0.3, 0.4) is 0 Å². The molecule has 0 saturated carbocycles. The summed E-state index contributed by atoms with van der Waals surface area (Å²) in [5, 5.41) is 2.66. The van der Waals surface area contributed by atoms with Gasteiger partial charge in [-0.1, -0.05) is 6.58 Å². The van der Waals surface area contributed by atoms with Gasteiger partial charge in [0.05, 0.1) is 6.42 Å². The Balaban J connectivity index is 2.32. The second-order valence-electron chi connectivity index (χ2n) is 3.84. The minimum atomic E-state index is -0.490. The van der Waals surface area contributed by atoms with Gasteiger partial charge >= 0.3 is 5.97 Å². The smallest absolute Gasteiger partial charge is 0.333 e. The fourth-order valence-electron chi connectivity index (χ4n) is 1.15. The molecular formula is C13H16N2O3. The summed E-state index contributed by atoms with van der Waals surface area (Å²) in [5.74, 6) is -0.718. The van der Waals surface area contributed by atoms with Crippen LogP contribution < -0.4 is 11.1 Å². The van der Waals surface area contributed by atoms with Gasteiger partial charge in [0.1, 0.15) is 6.61 Å². The molecule has 0 aromatic heterocycles. The molecule has 0 radical (unpaired) electrons. The lowest BCUT2D eigenvalue weighted by molar-refractivity contribution is -0.139. The number of carbonyl (C=O) groups is 2. The van der Waals surface area contributed by atoms with Crippen molar-refractivity contribution in [1.82, 2.24) is 0 Å². The van der Waals surface area contributed by atoms with E-state index in [1.807, 2.05) is 0 Å². The number of nitrogens with two attached hydrogens (primary N) is 1. The van der Waals surface area contributed by atoms with Gasteiger partial charge in [0, 0.05) is 16.9 Å². The van der Waals surface area contributed by atoms with Crippen LogP contribution in [0.5, 0.6) is 0 Å². The average molecular weight is 248 g/mol. The number of rotatable bonds is 5. The van der Waals surface area contributed by atoms with Crippen molar-refractivity contribution >= 4 is 23.3 Å². The number of nitrogen functional groups attached to an aromatic ring is 1. The van der Waals surface area contributed by atoms with E-state index in [1.54, 1.807) is 31.2 Å². The van der Waals surface area contributed by atoms with Crippen LogP contribution in [0, 0.1) is 0 Å². The fraction of sp³-hybridized carbons (Fsp3) is 0.231. The predicted molar refractivity (Wildman–Crippen MR) is 69.9 cm³/mol. The SMILES string of the molecule is C=C(C)C(=O)OCCC(=O)Nc1ccc(N)cc1. The monoisotopic (exact) mass is 248 g/mol. The molecule has 0 unspecified atom stereocenters. The molecule has 0 atom stereocenters. The lowest BCUT2D eigenvalue weighted by Gasteiger charge is -2.06. The van der Waals surface area contributed by atoms with Crippen LogP contribution in [-0.4, -0.2) is 18.5 Å². The molecule has 1 rings (SSSR count). The topological polar surface area (TPSA) is 81.4 Å². The van der Waals surface area contributed by atoms with Gasteiger partial charge in [-0.25, -0.2) is 4.79 Å². The zero-order chi connectivity index (χ0) is 13.5. The Morgan fingerprint density at radius 1 is 1.33 bits per heavy atom. The van der Waals surface area contributed by atoms with E-state index in [9.17, 15) is 9.59 Å². The highest BCUT2D eigenvalue weighted by molar-refractivity contribution is 5.91. The summed E-state index contributed by atoms with van der Waals surface area (Å²) in [6.45, 7) is 5.03. The highest BCUT2D eigenvalue weighted by Gasteiger charge is 2.06. The van der Waals surface area contributed by atoms with Crippen molar-refractivity contribution in [3.8, 4) is 0 Å². The Hall–Kier alpha value is -2.30. The summed E-state index contributed by atoms with van der Waals surface area (Å²) in [6, 6.07) is 6.79. The number of amides is 1. The third kappa shape index (κ3) is 4.69. The van der Waals surface area contributed by atoms with E-state index in [4.69, 9.17) is 10.5 Å². The van der Waals surface area contributed by atoms with Gasteiger partial charge in [0.25, 0.3) is 0 Å². The van der Waals surface area contributed by atoms with E-state index >= 15 is 0 Å². The molecule has 18 heavy (non-hydrogen) atoms. The van der Waals surface area contributed by atoms with E-state index in [1.165, 1.54) is 0 Å². The van der Waals surface area contributed by atoms with Crippen LogP contribution in [-0.2, 0) is 14.3 Å². The molecule has 5 nitrogen and oxygen atoms in total. The van der Waals surface area contributed by atoms with Gasteiger partial charge in [-0.05, 0) is 31.2 Å². The van der Waals surface area contributed by atoms with Crippen LogP contribution in [0.2, 0.25) is 0 Å². The summed E-state index contributed by atoms with van der Waals surface area (Å²) >= 11 is 0. The Bertz CT molecular complexity index is 452. The maximum Gasteiger partial charge on any atom is 0.333 e. The summed E-state index contributed by atoms with van der Waals surface area (Å²) in [7, 11) is 0. The van der Waals surface area contributed by atoms with Gasteiger partial charge in [-0.2, -0.15) is 0 Å². The van der Waals surface area contributed by atoms with E-state index in [0.29, 0.717) is 16.9 Å². The molecule has 0 saturated heterocycles. The van der Waals surface area contributed by atoms with Crippen molar-refractivity contribution in [2.24, 2.45) is 0 Å². The van der Waals surface area contributed by atoms with Crippen LogP contribution in [0.15, 0.2) is 36.4 Å². The second kappa shape index (κ2) is 6.44. The molecule has 3 N–H and O–H groups in total. The molecule has 0 aliphatic carbocycles. The highest BCUT2D eigenvalue weighted by atomic mass is 16.5. The molecule has 0 spiro atoms. The van der Waals surface area contributed by atoms with Crippen molar-refractivity contribution in [3.63, 3.8) is 0 Å². The first-order valence-electron chi connectivity index (χ1n) is 5.47. The minimum Gasteiger partial charge on any atom is -0.462 e. The predicted octanol–water partition coefficient (Wildman–Crippen LogP) is 1.72. The molecular weight excluding hydrogens is 232 g/mol. The Kier molecular flexibility index (Phi) is 4.92. The van der Waals surface area contributed by atoms with Gasteiger partial charge in [0.2, 0.25) is 5.91 Å². The molecule has 0 heterocycles. The molecule has 1 aromatic carbocycles. The third-order valence-corrected chi connectivity index (χ3v) is 2.11. The zero-order valence-electron chi connectivity index (χ0n) is 10.2. The minimum absolute atomic E-state index is 0.0342. The van der Waals surface area contributed by atoms with Crippen molar-refractivity contribution in [2.75, 3.05) is 17.7 Å². The Morgan fingerprint density at radius 3 is 2.50 bits per heavy atom. The summed E-state index contributed by atoms with van der Waals surface area (Å²) in [6.07, 6.45) is 0.101. The third-order valence-electron chi connectivity index (χ3n) is 2.11. The van der Waals surface area contributed by atoms with E-state index < -0.39 is 5.97 Å². The summed E-state index contributed by atoms with van der Waals surface area (Å²) < 4.78 is 4.81. The first-order chi connectivity index (χ1) is 8.49. The van der Waals surface area contributed by atoms with E-state index in [-0.39, 0.29) is 18.9 Å². The van der Waals surface area contributed by atoms with Crippen molar-refractivity contribution in [1.29, 1.82) is 0 Å². The first-order valence-corrected chi connectivity index (χ1v) is 5.47. The number of anilines is 2. The van der Waals surface area contributed by atoms with Crippen LogP contribution in [0.1, 0.15) is 13.3 Å². The first kappa shape index (κ1) is 13.8. The lowest BCUT2D eigenvalue weighted by Crippen LogP contribution is -2.16. The lowest BCUT2D eigenvalue weighted by atomic mass is 10.3. The number of nitrogens with one attached hydrogen (secondary N) is 1. The van der Waals surface area contributed by atoms with Gasteiger partial charge < -0.3 is 15.8 Å². The summed E-state index contributed by atoms with van der Waals surface area (Å²) in [5.41, 5.74) is 7.12. The normalized spacial score (nSPS) is 9.61. The molecule has 1 aromatic rings. The molecule has 0 fully saturated rings. The largest absolute Gasteiger partial charge is 0.462 e. The highest BCUT2D eigenvalue weighted by Crippen LogP contribution is 2.10. The second-order valence-corrected chi connectivity index (χ2v) is 3.84. The van der Waals surface area contributed by atoms with E-state index in [2.05, 4.69) is 11.9 Å². The van der Waals surface area contributed by atoms with Crippen molar-refractivity contribution in [2.45, 2.75) is 13.3 Å². The standard InChI is InChI=1S/C13H16N2O3/c1-9(2)13(17)18-8-7-12(16)15-11-5-3-10(14)4-6-11/h3-6H,1,7-8,14H2,2H3,(H,15,16). The van der Waals surface area contributed by atoms with Crippen molar-refractivity contribution < 1.29 is 14.3 Å². The van der Waals surface area contributed by atoms with Gasteiger partial charge in [-0.3, -0.25) is 4.79 Å². The quantitative estimate of drug-likeness (QED) is 0.472. The van der Waals surface area contributed by atoms with E-state index in [0.717, 1.165) is 0 Å². The fourth-order valence-corrected chi connectivity index (χ4v) is 1.15. The maximum absolute atomic E-state index is 11.5. The zero-order valence-corrected chi connectivity index (χ0v) is 10.2. The number of esters is 1. The van der Waals surface area contributed by atoms with Crippen LogP contribution in [0.4, 0.5) is 11.4 Å². The molecule has 5 heteroatoms. The molecule has 0 bridgehead atoms. The number of hydrogen-bond donors (Lipinski definition) is 2. The number of benzene rings is 1. The Labute approximate surface area is 106 Å². The van der Waals surface area contributed by atoms with Crippen LogP contribution in [0.25, 0.3) is 0 Å². The molecule has 0 aliphatic rings. The molecule has 0 aliphatic heterocycles. The Morgan fingerprint density at radius 2 is 1.94 bits per heavy atom. The molecule has 1 amide bonds. The average Bonchev–Trinajstić information content (AvgIpc) is 2.32. The van der Waals surface area contributed by atoms with Crippen molar-refractivity contribution in [3.05, 3.63) is 36.4 Å². The van der Waals surface area contributed by atoms with Gasteiger partial charge in [0.15, 0.2) is 0 Å². The number of hydrogen-bond acceptors (Lipinski definition) is 4. The summed E-state index contributed by atoms with van der Waals surface area (Å²) in [4.78, 5) is 22.5. The number of carbonyl (C=O) groups excluding carboxylic acids is 2. The number of ether oxygens (including phenoxy) is 1. The molecule has 96 valence electrons.